The number of benzene rings is 3. The monoisotopic (exact) mass is 1150 g/mol. The normalized spacial score (nSPS) is 26.2. The van der Waals surface area contributed by atoms with E-state index in [0.717, 1.165) is 27.2 Å². The molecule has 3 aromatic rings. The highest BCUT2D eigenvalue weighted by atomic mass is 16.7. The molecule has 25 nitrogen and oxygen atoms in total. The zero-order chi connectivity index (χ0) is 60.1. The number of amides is 5. The van der Waals surface area contributed by atoms with E-state index in [2.05, 4.69) is 21.3 Å². The second-order valence-corrected chi connectivity index (χ2v) is 23.8. The van der Waals surface area contributed by atoms with Gasteiger partial charge in [0.25, 0.3) is 5.69 Å². The van der Waals surface area contributed by atoms with Gasteiger partial charge in [-0.05, 0) is 128 Å². The van der Waals surface area contributed by atoms with Crippen LogP contribution in [-0.4, -0.2) is 166 Å². The van der Waals surface area contributed by atoms with Gasteiger partial charge in [-0.25, -0.2) is 24.0 Å². The number of likely N-dealkylation sites (N-methyl/N-ethyl adjacent to an activating group) is 1. The van der Waals surface area contributed by atoms with Crippen LogP contribution in [0.15, 0.2) is 84.6 Å². The molecule has 3 aromatic carbocycles. The van der Waals surface area contributed by atoms with E-state index in [0.29, 0.717) is 5.56 Å². The molecule has 5 unspecified atom stereocenters. The molecule has 4 aliphatic rings. The minimum absolute atomic E-state index is 0.00771. The van der Waals surface area contributed by atoms with Gasteiger partial charge in [-0.2, -0.15) is 0 Å². The van der Waals surface area contributed by atoms with Gasteiger partial charge in [0, 0.05) is 25.1 Å². The number of alkyl carbamates (subject to hydrolysis) is 4. The number of fused-ring (bicyclic) bond motifs is 3. The van der Waals surface area contributed by atoms with Crippen LogP contribution in [0.1, 0.15) is 105 Å². The van der Waals surface area contributed by atoms with Crippen molar-refractivity contribution in [2.45, 2.75) is 178 Å². The van der Waals surface area contributed by atoms with E-state index in [-0.39, 0.29) is 50.0 Å². The second kappa shape index (κ2) is 25.5. The number of nitrogens with zero attached hydrogens (tertiary/aromatic N) is 2. The first-order valence-electron chi connectivity index (χ1n) is 26.9. The van der Waals surface area contributed by atoms with Crippen LogP contribution in [0.3, 0.4) is 0 Å². The van der Waals surface area contributed by atoms with Crippen molar-refractivity contribution in [2.75, 3.05) is 26.8 Å². The summed E-state index contributed by atoms with van der Waals surface area (Å²) in [7, 11) is 1.32. The van der Waals surface area contributed by atoms with Crippen molar-refractivity contribution in [3.63, 3.8) is 0 Å². The Kier molecular flexibility index (Phi) is 19.3. The Bertz CT molecular complexity index is 2760. The summed E-state index contributed by atoms with van der Waals surface area (Å²) in [4.78, 5) is 79.4. The van der Waals surface area contributed by atoms with Crippen LogP contribution < -0.4 is 21.3 Å². The molecule has 0 bridgehead atoms. The maximum atomic E-state index is 14.2. The molecular weight excluding hydrogens is 1070 g/mol. The third kappa shape index (κ3) is 16.2. The molecule has 0 aromatic heterocycles. The van der Waals surface area contributed by atoms with E-state index in [1.54, 1.807) is 68.4 Å². The lowest BCUT2D eigenvalue weighted by atomic mass is 9.83. The molecular formula is C57H76N6O19. The number of aliphatic hydroxyl groups excluding tert-OH is 2. The number of nitrogens with one attached hydrogen (secondary N) is 4. The van der Waals surface area contributed by atoms with Gasteiger partial charge in [-0.15, -0.1) is 0 Å². The van der Waals surface area contributed by atoms with Crippen LogP contribution in [0.25, 0.3) is 11.1 Å². The van der Waals surface area contributed by atoms with Crippen molar-refractivity contribution in [1.29, 1.82) is 0 Å². The molecule has 0 spiro atoms. The Morgan fingerprint density at radius 1 is 0.707 bits per heavy atom. The number of aliphatic hydroxyl groups is 3. The molecule has 0 radical (unpaired) electrons. The first-order valence-corrected chi connectivity index (χ1v) is 26.9. The molecule has 1 saturated heterocycles. The number of carbonyl (C=O) groups excluding carboxylic acids is 5. The van der Waals surface area contributed by atoms with Crippen molar-refractivity contribution < 1.29 is 86.8 Å². The highest BCUT2D eigenvalue weighted by molar-refractivity contribution is 5.79. The van der Waals surface area contributed by atoms with E-state index >= 15 is 0 Å². The topological polar surface area (TPSA) is 324 Å². The van der Waals surface area contributed by atoms with Gasteiger partial charge in [0.05, 0.1) is 42.2 Å². The fraction of sp³-hybridized carbons (Fsp3) is 0.561. The van der Waals surface area contributed by atoms with Gasteiger partial charge in [-0.1, -0.05) is 48.5 Å². The average Bonchev–Trinajstić information content (AvgIpc) is 3.91. The largest absolute Gasteiger partial charge is 0.465 e. The van der Waals surface area contributed by atoms with Gasteiger partial charge < -0.3 is 84.1 Å². The van der Waals surface area contributed by atoms with Crippen molar-refractivity contribution in [3.05, 3.63) is 111 Å². The van der Waals surface area contributed by atoms with Gasteiger partial charge in [0.15, 0.2) is 6.29 Å². The van der Waals surface area contributed by atoms with Crippen LogP contribution in [0.2, 0.25) is 0 Å². The SMILES string of the molecule is CN(C(=O)OC(C)(C)C)C1C(O)[C@@H](O[C@@H]2C(O)C(O[C@H]3OC(CNC(=O)OCc4ccc([N+](=O)[O-])cc4)=CCC3NC(=O)OC(C)(C)C)[C@@H](NC(=O)OC(C)(C)C)C[C@H]2NC(=O)OCC2c3ccccc3-c3ccccc32)OC[C@]1(C)O. The van der Waals surface area contributed by atoms with Crippen molar-refractivity contribution >= 4 is 36.2 Å². The third-order valence-corrected chi connectivity index (χ3v) is 13.6. The average molecular weight is 1150 g/mol. The number of nitro groups is 1. The molecule has 7 N–H and O–H groups in total. The lowest BCUT2D eigenvalue weighted by Crippen LogP contribution is -2.70. The van der Waals surface area contributed by atoms with Gasteiger partial charge in [0.2, 0.25) is 6.29 Å². The quantitative estimate of drug-likeness (QED) is 0.0493. The lowest BCUT2D eigenvalue weighted by Gasteiger charge is -2.50. The molecule has 2 heterocycles. The summed E-state index contributed by atoms with van der Waals surface area (Å²) in [5, 5.41) is 58.5. The van der Waals surface area contributed by atoms with E-state index in [1.807, 2.05) is 48.5 Å². The number of hydrogen-bond acceptors (Lipinski definition) is 19. The van der Waals surface area contributed by atoms with Crippen LogP contribution in [0, 0.1) is 10.1 Å². The number of nitro benzene ring substituents is 1. The molecule has 25 heteroatoms. The second-order valence-electron chi connectivity index (χ2n) is 23.8. The molecule has 7 rings (SSSR count). The summed E-state index contributed by atoms with van der Waals surface area (Å²) < 4.78 is 53.5. The minimum atomic E-state index is -1.93. The van der Waals surface area contributed by atoms with Gasteiger partial charge >= 0.3 is 30.5 Å². The predicted molar refractivity (Wildman–Crippen MR) is 292 cm³/mol. The smallest absolute Gasteiger partial charge is 0.410 e. The summed E-state index contributed by atoms with van der Waals surface area (Å²) in [6, 6.07) is 15.8. The molecule has 2 aliphatic heterocycles. The number of ether oxygens (including phenoxy) is 9. The Labute approximate surface area is 475 Å². The first kappa shape index (κ1) is 62.3. The standard InChI is InChI=1S/C57H76N6O19/c1-54(2,3)80-51(68)59-39-25-24-33(27-58-49(66)74-28-31-20-22-32(23-21-31)63(72)73)77-47(39)78-44-41(61-52(69)81-55(4,5)6)26-40(60-50(67)75-29-38-36-18-14-12-16-34(36)35-17-13-15-19-37(35)38)45(42(44)64)79-48-43(65)46(57(10,71)30-76-48)62(11)53(70)82-56(7,8)9/h12-24,38-48,64-65,71H,25-30H2,1-11H3,(H,58,66)(H,59,68)(H,60,67)(H,61,69)/t39?,40-,41+,42?,43?,44?,45+,46?,47-,48-,57+/m1/s1. The maximum Gasteiger partial charge on any atom is 0.410 e. The zero-order valence-corrected chi connectivity index (χ0v) is 47.9. The number of carbonyl (C=O) groups is 5. The maximum absolute atomic E-state index is 14.2. The van der Waals surface area contributed by atoms with E-state index in [1.165, 1.54) is 38.2 Å². The van der Waals surface area contributed by atoms with E-state index in [9.17, 15) is 49.4 Å². The molecule has 11 atom stereocenters. The Balaban J connectivity index is 1.19. The lowest BCUT2D eigenvalue weighted by molar-refractivity contribution is -0.384. The minimum Gasteiger partial charge on any atom is -0.465 e. The number of non-ortho nitro benzene ring substituents is 1. The highest BCUT2D eigenvalue weighted by Crippen LogP contribution is 2.45. The van der Waals surface area contributed by atoms with Crippen molar-refractivity contribution in [2.24, 2.45) is 0 Å². The molecule has 2 aliphatic carbocycles. The van der Waals surface area contributed by atoms with E-state index in [4.69, 9.17) is 42.6 Å². The van der Waals surface area contributed by atoms with E-state index < -0.39 is 126 Å². The predicted octanol–water partition coefficient (Wildman–Crippen LogP) is 6.38. The number of hydrogen-bond donors (Lipinski definition) is 7. The fourth-order valence-corrected chi connectivity index (χ4v) is 10.1. The van der Waals surface area contributed by atoms with Crippen LogP contribution >= 0.6 is 0 Å². The van der Waals surface area contributed by atoms with Crippen molar-refractivity contribution in [1.82, 2.24) is 26.2 Å². The fourth-order valence-electron chi connectivity index (χ4n) is 10.1. The Hall–Kier alpha value is -7.29. The summed E-state index contributed by atoms with van der Waals surface area (Å²) in [5.41, 5.74) is -0.636. The molecule has 5 amide bonds. The highest BCUT2D eigenvalue weighted by Gasteiger charge is 2.55. The summed E-state index contributed by atoms with van der Waals surface area (Å²) in [6.07, 6.45) is -13.6. The third-order valence-electron chi connectivity index (χ3n) is 13.6. The van der Waals surface area contributed by atoms with Gasteiger partial charge in [0.1, 0.15) is 65.8 Å². The Morgan fingerprint density at radius 2 is 1.23 bits per heavy atom. The summed E-state index contributed by atoms with van der Waals surface area (Å²) in [5.74, 6) is -0.242. The zero-order valence-electron chi connectivity index (χ0n) is 47.9. The van der Waals surface area contributed by atoms with Crippen molar-refractivity contribution in [3.8, 4) is 11.1 Å². The van der Waals surface area contributed by atoms with Crippen LogP contribution in [-0.2, 0) is 49.2 Å². The first-order chi connectivity index (χ1) is 38.4. The molecule has 1 saturated carbocycles. The molecule has 2 fully saturated rings. The number of rotatable bonds is 15. The van der Waals surface area contributed by atoms with Crippen LogP contribution in [0.5, 0.6) is 0 Å². The molecule has 448 valence electrons. The molecule has 82 heavy (non-hydrogen) atoms. The van der Waals surface area contributed by atoms with Gasteiger partial charge in [-0.3, -0.25) is 10.1 Å². The summed E-state index contributed by atoms with van der Waals surface area (Å²) >= 11 is 0. The summed E-state index contributed by atoms with van der Waals surface area (Å²) in [6.45, 7) is 15.0. The Morgan fingerprint density at radius 3 is 1.78 bits per heavy atom. The van der Waals surface area contributed by atoms with Crippen LogP contribution in [0.4, 0.5) is 29.7 Å².